The minimum atomic E-state index is -1.28. The molecule has 2 aromatic heterocycles. The highest BCUT2D eigenvalue weighted by Crippen LogP contribution is 2.24. The van der Waals surface area contributed by atoms with E-state index in [0.29, 0.717) is 0 Å². The van der Waals surface area contributed by atoms with Gasteiger partial charge in [-0.3, -0.25) is 20.2 Å². The summed E-state index contributed by atoms with van der Waals surface area (Å²) in [6, 6.07) is 4.10. The number of pyridine rings is 2. The molecule has 14 heteroatoms. The lowest BCUT2D eigenvalue weighted by Crippen LogP contribution is -2.03. The summed E-state index contributed by atoms with van der Waals surface area (Å²) in [5.41, 5.74) is -1.40. The highest BCUT2D eigenvalue weighted by Gasteiger charge is 2.18. The average Bonchev–Trinajstić information content (AvgIpc) is 2.60. The molecule has 13 nitrogen and oxygen atoms in total. The molecule has 0 fully saturated rings. The molecular weight excluding hydrogens is 392 g/mol. The summed E-state index contributed by atoms with van der Waals surface area (Å²) in [4.78, 5) is 46.8. The number of hydrogen-bond acceptors (Lipinski definition) is 9. The van der Waals surface area contributed by atoms with E-state index < -0.39 is 32.6 Å². The molecule has 0 radical (unpaired) electrons. The molecule has 0 saturated carbocycles. The number of hydrogen-bond donors (Lipinski definition) is 2. The molecule has 0 aliphatic rings. The Kier molecular flexibility index (Phi) is 7.06. The van der Waals surface area contributed by atoms with Crippen LogP contribution in [0.3, 0.4) is 0 Å². The molecule has 2 rings (SSSR count). The molecule has 0 aliphatic heterocycles. The Labute approximate surface area is 154 Å². The number of nitrogens with zero attached hydrogens (tertiary/aromatic N) is 4. The van der Waals surface area contributed by atoms with Gasteiger partial charge in [-0.2, -0.15) is 0 Å². The number of methoxy groups -OCH3 is 1. The fourth-order valence-corrected chi connectivity index (χ4v) is 1.75. The van der Waals surface area contributed by atoms with Crippen molar-refractivity contribution in [3.05, 3.63) is 61.0 Å². The van der Waals surface area contributed by atoms with E-state index in [4.69, 9.17) is 21.8 Å². The van der Waals surface area contributed by atoms with Gasteiger partial charge in [0.05, 0.1) is 17.0 Å². The topological polar surface area (TPSA) is 196 Å². The van der Waals surface area contributed by atoms with Gasteiger partial charge in [-0.25, -0.2) is 19.6 Å². The van der Waals surface area contributed by atoms with Gasteiger partial charge in [-0.05, 0) is 12.1 Å². The molecule has 27 heavy (non-hydrogen) atoms. The van der Waals surface area contributed by atoms with Crippen LogP contribution >= 0.6 is 11.6 Å². The second-order valence-corrected chi connectivity index (χ2v) is 4.71. The minimum Gasteiger partial charge on any atom is -0.477 e. The van der Waals surface area contributed by atoms with Crippen LogP contribution in [0, 0.1) is 20.2 Å². The van der Waals surface area contributed by atoms with Crippen molar-refractivity contribution in [2.24, 2.45) is 0 Å². The number of nitro groups is 2. The summed E-state index contributed by atoms with van der Waals surface area (Å²) < 4.78 is 4.58. The number of rotatable bonds is 5. The van der Waals surface area contributed by atoms with Crippen molar-refractivity contribution in [3.8, 4) is 5.88 Å². The second-order valence-electron chi connectivity index (χ2n) is 4.36. The van der Waals surface area contributed by atoms with E-state index in [9.17, 15) is 29.8 Å². The second kappa shape index (κ2) is 9.00. The number of aromatic carboxylic acids is 2. The van der Waals surface area contributed by atoms with Crippen molar-refractivity contribution in [3.63, 3.8) is 0 Å². The molecule has 0 aliphatic carbocycles. The molecule has 0 amide bonds. The highest BCUT2D eigenvalue weighted by atomic mass is 35.5. The molecule has 0 bridgehead atoms. The quantitative estimate of drug-likeness (QED) is 0.423. The average molecular weight is 401 g/mol. The van der Waals surface area contributed by atoms with Crippen LogP contribution in [0.25, 0.3) is 0 Å². The minimum absolute atomic E-state index is 0.299. The Morgan fingerprint density at radius 3 is 1.78 bits per heavy atom. The third kappa shape index (κ3) is 5.57. The smallest absolute Gasteiger partial charge is 0.354 e. The predicted molar refractivity (Wildman–Crippen MR) is 87.3 cm³/mol. The number of carboxylic acids is 2. The molecule has 0 atom stereocenters. The van der Waals surface area contributed by atoms with Crippen molar-refractivity contribution in [1.82, 2.24) is 9.97 Å². The lowest BCUT2D eigenvalue weighted by molar-refractivity contribution is -0.386. The Morgan fingerprint density at radius 2 is 1.41 bits per heavy atom. The van der Waals surface area contributed by atoms with E-state index in [1.54, 1.807) is 0 Å². The highest BCUT2D eigenvalue weighted by molar-refractivity contribution is 6.31. The van der Waals surface area contributed by atoms with Gasteiger partial charge in [-0.1, -0.05) is 11.6 Å². The Balaban J connectivity index is 0.000000271. The zero-order valence-electron chi connectivity index (χ0n) is 13.2. The van der Waals surface area contributed by atoms with Crippen molar-refractivity contribution in [2.75, 3.05) is 7.11 Å². The molecule has 0 unspecified atom stereocenters. The lowest BCUT2D eigenvalue weighted by Gasteiger charge is -2.00. The van der Waals surface area contributed by atoms with Crippen LogP contribution in [-0.2, 0) is 0 Å². The summed E-state index contributed by atoms with van der Waals surface area (Å²) in [7, 11) is 1.18. The number of carboxylic acid groups (broad SMARTS) is 2. The van der Waals surface area contributed by atoms with Crippen LogP contribution in [0.15, 0.2) is 24.3 Å². The van der Waals surface area contributed by atoms with Gasteiger partial charge in [0.2, 0.25) is 5.15 Å². The van der Waals surface area contributed by atoms with Gasteiger partial charge in [0.15, 0.2) is 5.69 Å². The van der Waals surface area contributed by atoms with Crippen LogP contribution in [-0.4, -0.2) is 49.1 Å². The molecule has 0 saturated heterocycles. The third-order valence-corrected chi connectivity index (χ3v) is 2.97. The van der Waals surface area contributed by atoms with Gasteiger partial charge in [0.25, 0.3) is 5.88 Å². The van der Waals surface area contributed by atoms with Crippen LogP contribution in [0.2, 0.25) is 5.15 Å². The van der Waals surface area contributed by atoms with Crippen molar-refractivity contribution in [2.45, 2.75) is 0 Å². The van der Waals surface area contributed by atoms with Crippen LogP contribution < -0.4 is 4.74 Å². The normalized spacial score (nSPS) is 9.56. The van der Waals surface area contributed by atoms with Gasteiger partial charge in [0, 0.05) is 12.1 Å². The number of halogens is 1. The maximum Gasteiger partial charge on any atom is 0.354 e. The van der Waals surface area contributed by atoms with Crippen LogP contribution in [0.4, 0.5) is 11.4 Å². The number of ether oxygens (including phenoxy) is 1. The van der Waals surface area contributed by atoms with E-state index in [0.717, 1.165) is 24.3 Å². The maximum absolute atomic E-state index is 10.5. The largest absolute Gasteiger partial charge is 0.477 e. The molecule has 2 N–H and O–H groups in total. The van der Waals surface area contributed by atoms with Gasteiger partial charge >= 0.3 is 23.3 Å². The first kappa shape index (κ1) is 21.2. The first-order chi connectivity index (χ1) is 12.6. The SMILES string of the molecule is COc1nc(C(=O)O)ccc1[N+](=O)[O-].O=C(O)c1ccc([N+](=O)[O-])c(Cl)n1. The summed E-state index contributed by atoms with van der Waals surface area (Å²) in [6.45, 7) is 0. The first-order valence-corrected chi connectivity index (χ1v) is 6.93. The first-order valence-electron chi connectivity index (χ1n) is 6.55. The van der Waals surface area contributed by atoms with Crippen molar-refractivity contribution >= 4 is 34.9 Å². The zero-order valence-corrected chi connectivity index (χ0v) is 14.0. The summed E-state index contributed by atoms with van der Waals surface area (Å²) >= 11 is 5.35. The monoisotopic (exact) mass is 400 g/mol. The summed E-state index contributed by atoms with van der Waals surface area (Å²) in [6.07, 6.45) is 0. The standard InChI is InChI=1S/C7H6N2O5.C6H3ClN2O4/c1-14-6-5(9(12)13)3-2-4(8-6)7(10)11;7-5-4(9(12)13)2-1-3(8-5)6(10)11/h2-3H,1H3,(H,10,11);1-2H,(H,10,11). The fraction of sp³-hybridized carbons (Fsp3) is 0.0769. The van der Waals surface area contributed by atoms with Gasteiger partial charge < -0.3 is 14.9 Å². The van der Waals surface area contributed by atoms with Crippen molar-refractivity contribution < 1.29 is 34.4 Å². The van der Waals surface area contributed by atoms with E-state index in [2.05, 4.69) is 14.7 Å². The zero-order chi connectivity index (χ0) is 20.7. The van der Waals surface area contributed by atoms with E-state index in [-0.39, 0.29) is 23.0 Å². The molecular formula is C13H9ClN4O9. The van der Waals surface area contributed by atoms with E-state index in [1.807, 2.05) is 0 Å². The maximum atomic E-state index is 10.5. The summed E-state index contributed by atoms with van der Waals surface area (Å²) in [5, 5.41) is 37.2. The molecule has 142 valence electrons. The molecule has 2 heterocycles. The Bertz CT molecular complexity index is 919. The van der Waals surface area contributed by atoms with Crippen LogP contribution in [0.1, 0.15) is 21.0 Å². The Hall–Kier alpha value is -3.87. The third-order valence-electron chi connectivity index (χ3n) is 2.69. The summed E-state index contributed by atoms with van der Waals surface area (Å²) in [5.74, 6) is -2.86. The fourth-order valence-electron chi connectivity index (χ4n) is 1.52. The molecule has 0 aromatic carbocycles. The van der Waals surface area contributed by atoms with Gasteiger partial charge in [-0.15, -0.1) is 0 Å². The van der Waals surface area contributed by atoms with Crippen LogP contribution in [0.5, 0.6) is 5.88 Å². The Morgan fingerprint density at radius 1 is 0.963 bits per heavy atom. The number of aromatic nitrogens is 2. The van der Waals surface area contributed by atoms with Gasteiger partial charge in [0.1, 0.15) is 5.69 Å². The van der Waals surface area contributed by atoms with E-state index >= 15 is 0 Å². The number of carbonyl (C=O) groups is 2. The molecule has 0 spiro atoms. The predicted octanol–water partition coefficient (Wildman–Crippen LogP) is 2.04. The molecule has 2 aromatic rings. The van der Waals surface area contributed by atoms with Crippen molar-refractivity contribution in [1.29, 1.82) is 0 Å². The lowest BCUT2D eigenvalue weighted by atomic mass is 10.3. The van der Waals surface area contributed by atoms with E-state index in [1.165, 1.54) is 7.11 Å².